The molecule has 0 spiro atoms. The summed E-state index contributed by atoms with van der Waals surface area (Å²) in [5, 5.41) is 14.6. The van der Waals surface area contributed by atoms with Gasteiger partial charge in [0.25, 0.3) is 5.69 Å². The second-order valence-electron chi connectivity index (χ2n) is 5.00. The third-order valence-electron chi connectivity index (χ3n) is 3.31. The monoisotopic (exact) mass is 275 g/mol. The molecule has 0 saturated carbocycles. The molecule has 1 atom stereocenters. The highest BCUT2D eigenvalue weighted by molar-refractivity contribution is 5.60. The van der Waals surface area contributed by atoms with Crippen LogP contribution in [-0.4, -0.2) is 35.1 Å². The minimum atomic E-state index is -0.420. The molecule has 0 amide bonds. The topological polar surface area (TPSA) is 72.4 Å². The van der Waals surface area contributed by atoms with Crippen LogP contribution < -0.4 is 0 Å². The number of benzene rings is 1. The van der Waals surface area contributed by atoms with Crippen LogP contribution in [-0.2, 0) is 6.42 Å². The van der Waals surface area contributed by atoms with Crippen LogP contribution >= 0.6 is 0 Å². The number of hydrogen-bond acceptors (Lipinski definition) is 5. The van der Waals surface area contributed by atoms with Crippen molar-refractivity contribution in [2.24, 2.45) is 0 Å². The number of hydrogen-bond donors (Lipinski definition) is 0. The van der Waals surface area contributed by atoms with E-state index in [1.165, 1.54) is 12.1 Å². The molecular weight excluding hydrogens is 258 g/mol. The average Bonchev–Trinajstić information content (AvgIpc) is 2.87. The predicted octanol–water partition coefficient (Wildman–Crippen LogP) is 2.74. The molecule has 0 bridgehead atoms. The first-order valence-electron chi connectivity index (χ1n) is 6.34. The van der Waals surface area contributed by atoms with Crippen molar-refractivity contribution in [1.29, 1.82) is 0 Å². The van der Waals surface area contributed by atoms with Gasteiger partial charge in [-0.15, -0.1) is 0 Å². The van der Waals surface area contributed by atoms with Crippen molar-refractivity contribution in [3.63, 3.8) is 0 Å². The molecule has 2 rings (SSSR count). The Morgan fingerprint density at radius 2 is 2.00 bits per heavy atom. The highest BCUT2D eigenvalue weighted by Gasteiger charge is 2.12. The quantitative estimate of drug-likeness (QED) is 0.619. The van der Waals surface area contributed by atoms with Crippen LogP contribution in [0, 0.1) is 10.1 Å². The Morgan fingerprint density at radius 3 is 2.55 bits per heavy atom. The third kappa shape index (κ3) is 3.21. The molecule has 1 heterocycles. The van der Waals surface area contributed by atoms with Gasteiger partial charge in [0, 0.05) is 36.2 Å². The highest BCUT2D eigenvalue weighted by Crippen LogP contribution is 2.22. The van der Waals surface area contributed by atoms with E-state index in [0.29, 0.717) is 11.7 Å². The van der Waals surface area contributed by atoms with Crippen molar-refractivity contribution < 1.29 is 9.45 Å². The lowest BCUT2D eigenvalue weighted by atomic mass is 10.1. The zero-order valence-corrected chi connectivity index (χ0v) is 11.7. The summed E-state index contributed by atoms with van der Waals surface area (Å²) in [4.78, 5) is 12.3. The lowest BCUT2D eigenvalue weighted by Crippen LogP contribution is -2.26. The van der Waals surface area contributed by atoms with Crippen LogP contribution in [0.4, 0.5) is 5.69 Å². The summed E-state index contributed by atoms with van der Waals surface area (Å²) in [6.45, 7) is 2.11. The number of rotatable bonds is 5. The molecular formula is C14H17N3O3. The van der Waals surface area contributed by atoms with E-state index in [0.717, 1.165) is 17.7 Å². The van der Waals surface area contributed by atoms with Gasteiger partial charge in [-0.05, 0) is 33.2 Å². The Balaban J connectivity index is 2.14. The summed E-state index contributed by atoms with van der Waals surface area (Å²) in [7, 11) is 4.02. The lowest BCUT2D eigenvalue weighted by molar-refractivity contribution is -0.384. The van der Waals surface area contributed by atoms with Gasteiger partial charge >= 0.3 is 0 Å². The predicted molar refractivity (Wildman–Crippen MR) is 75.4 cm³/mol. The second-order valence-corrected chi connectivity index (χ2v) is 5.00. The van der Waals surface area contributed by atoms with Gasteiger partial charge in [-0.1, -0.05) is 5.16 Å². The first-order valence-corrected chi connectivity index (χ1v) is 6.34. The third-order valence-corrected chi connectivity index (χ3v) is 3.31. The molecule has 1 aromatic carbocycles. The van der Waals surface area contributed by atoms with E-state index in [9.17, 15) is 10.1 Å². The first-order chi connectivity index (χ1) is 9.47. The highest BCUT2D eigenvalue weighted by atomic mass is 16.6. The Labute approximate surface area is 117 Å². The van der Waals surface area contributed by atoms with E-state index in [1.807, 2.05) is 20.2 Å². The van der Waals surface area contributed by atoms with Gasteiger partial charge in [0.05, 0.1) is 4.92 Å². The van der Waals surface area contributed by atoms with E-state index in [-0.39, 0.29) is 5.69 Å². The summed E-state index contributed by atoms with van der Waals surface area (Å²) >= 11 is 0. The van der Waals surface area contributed by atoms with Gasteiger partial charge in [0.1, 0.15) is 11.5 Å². The average molecular weight is 275 g/mol. The van der Waals surface area contributed by atoms with Gasteiger partial charge in [0.2, 0.25) is 0 Å². The maximum atomic E-state index is 10.6. The van der Waals surface area contributed by atoms with Gasteiger partial charge < -0.3 is 9.42 Å². The molecule has 0 aliphatic heterocycles. The molecule has 1 aromatic heterocycles. The first kappa shape index (κ1) is 14.2. The van der Waals surface area contributed by atoms with Crippen molar-refractivity contribution in [2.75, 3.05) is 14.1 Å². The summed E-state index contributed by atoms with van der Waals surface area (Å²) in [5.41, 5.74) is 1.57. The van der Waals surface area contributed by atoms with Gasteiger partial charge in [-0.3, -0.25) is 10.1 Å². The number of aromatic nitrogens is 1. The number of nitro benzene ring substituents is 1. The summed E-state index contributed by atoms with van der Waals surface area (Å²) in [5.74, 6) is 0.805. The lowest BCUT2D eigenvalue weighted by Gasteiger charge is -2.17. The van der Waals surface area contributed by atoms with Crippen molar-refractivity contribution in [3.05, 3.63) is 46.2 Å². The van der Waals surface area contributed by atoms with Crippen molar-refractivity contribution in [2.45, 2.75) is 19.4 Å². The van der Waals surface area contributed by atoms with E-state index in [4.69, 9.17) is 4.52 Å². The summed E-state index contributed by atoms with van der Waals surface area (Å²) < 4.78 is 5.31. The zero-order valence-electron chi connectivity index (χ0n) is 11.7. The zero-order chi connectivity index (χ0) is 14.7. The Hall–Kier alpha value is -2.21. The van der Waals surface area contributed by atoms with Crippen molar-refractivity contribution in [3.8, 4) is 11.3 Å². The van der Waals surface area contributed by atoms with Gasteiger partial charge in [-0.25, -0.2) is 0 Å². The van der Waals surface area contributed by atoms with E-state index < -0.39 is 4.92 Å². The molecule has 6 heteroatoms. The number of non-ortho nitro benzene ring substituents is 1. The van der Waals surface area contributed by atoms with Crippen LogP contribution in [0.15, 0.2) is 34.9 Å². The molecule has 1 unspecified atom stereocenters. The molecule has 20 heavy (non-hydrogen) atoms. The van der Waals surface area contributed by atoms with Crippen LogP contribution in [0.2, 0.25) is 0 Å². The van der Waals surface area contributed by atoms with Crippen LogP contribution in [0.25, 0.3) is 11.3 Å². The number of nitrogens with zero attached hydrogens (tertiary/aromatic N) is 3. The van der Waals surface area contributed by atoms with Crippen LogP contribution in [0.5, 0.6) is 0 Å². The fraction of sp³-hybridized carbons (Fsp3) is 0.357. The molecule has 0 N–H and O–H groups in total. The molecule has 0 fully saturated rings. The molecule has 0 saturated heterocycles. The minimum absolute atomic E-state index is 0.0682. The van der Waals surface area contributed by atoms with Gasteiger partial charge in [0.15, 0.2) is 0 Å². The van der Waals surface area contributed by atoms with Crippen LogP contribution in [0.1, 0.15) is 12.7 Å². The fourth-order valence-corrected chi connectivity index (χ4v) is 1.77. The summed E-state index contributed by atoms with van der Waals surface area (Å²) in [6, 6.07) is 8.51. The normalized spacial score (nSPS) is 12.6. The molecule has 0 aliphatic carbocycles. The smallest absolute Gasteiger partial charge is 0.269 e. The number of nitro groups is 1. The maximum absolute atomic E-state index is 10.6. The molecule has 6 nitrogen and oxygen atoms in total. The molecule has 106 valence electrons. The van der Waals surface area contributed by atoms with Crippen LogP contribution in [0.3, 0.4) is 0 Å². The van der Waals surface area contributed by atoms with E-state index in [2.05, 4.69) is 17.0 Å². The molecule has 0 radical (unpaired) electrons. The fourth-order valence-electron chi connectivity index (χ4n) is 1.77. The Kier molecular flexibility index (Phi) is 4.14. The van der Waals surface area contributed by atoms with Crippen molar-refractivity contribution in [1.82, 2.24) is 10.1 Å². The largest absolute Gasteiger partial charge is 0.361 e. The standard InChI is InChI=1S/C14H17N3O3/c1-10(16(2)3)8-13-9-14(15-20-13)11-4-6-12(7-5-11)17(18)19/h4-7,9-10H,8H2,1-3H3. The summed E-state index contributed by atoms with van der Waals surface area (Å²) in [6.07, 6.45) is 0.771. The number of likely N-dealkylation sites (N-methyl/N-ethyl adjacent to an activating group) is 1. The molecule has 0 aliphatic rings. The van der Waals surface area contributed by atoms with E-state index >= 15 is 0 Å². The van der Waals surface area contributed by atoms with Gasteiger partial charge in [-0.2, -0.15) is 0 Å². The van der Waals surface area contributed by atoms with Crippen molar-refractivity contribution >= 4 is 5.69 Å². The SMILES string of the molecule is CC(Cc1cc(-c2ccc([N+](=O)[O-])cc2)no1)N(C)C. The Morgan fingerprint density at radius 1 is 1.35 bits per heavy atom. The Bertz CT molecular complexity index is 590. The molecule has 2 aromatic rings. The van der Waals surface area contributed by atoms with E-state index in [1.54, 1.807) is 12.1 Å². The maximum Gasteiger partial charge on any atom is 0.269 e. The second kappa shape index (κ2) is 5.83. The minimum Gasteiger partial charge on any atom is -0.361 e.